The van der Waals surface area contributed by atoms with Crippen LogP contribution in [0.3, 0.4) is 0 Å². The first-order valence-corrected chi connectivity index (χ1v) is 12.6. The highest BCUT2D eigenvalue weighted by atomic mass is 16.5. The van der Waals surface area contributed by atoms with Gasteiger partial charge in [0.1, 0.15) is 12.1 Å². The zero-order valence-corrected chi connectivity index (χ0v) is 22.8. The van der Waals surface area contributed by atoms with Crippen molar-refractivity contribution in [2.75, 3.05) is 20.8 Å². The van der Waals surface area contributed by atoms with Crippen LogP contribution in [0, 0.1) is 6.92 Å². The van der Waals surface area contributed by atoms with Crippen molar-refractivity contribution in [2.45, 2.75) is 45.9 Å². The molecule has 0 aliphatic carbocycles. The molecule has 0 heterocycles. The maximum Gasteiger partial charge on any atom is 0.322 e. The van der Waals surface area contributed by atoms with Crippen molar-refractivity contribution in [1.82, 2.24) is 10.2 Å². The van der Waals surface area contributed by atoms with Crippen molar-refractivity contribution in [1.29, 1.82) is 0 Å². The van der Waals surface area contributed by atoms with Crippen LogP contribution in [-0.4, -0.2) is 55.5 Å². The number of benzene rings is 3. The summed E-state index contributed by atoms with van der Waals surface area (Å²) in [6.07, 6.45) is 0. The summed E-state index contributed by atoms with van der Waals surface area (Å²) in [5.41, 5.74) is 3.90. The van der Waals surface area contributed by atoms with Crippen LogP contribution in [0.4, 0.5) is 0 Å². The molecule has 38 heavy (non-hydrogen) atoms. The minimum Gasteiger partial charge on any atom is -0.468 e. The van der Waals surface area contributed by atoms with Gasteiger partial charge in [0.15, 0.2) is 5.78 Å². The molecule has 0 spiro atoms. The highest BCUT2D eigenvalue weighted by Crippen LogP contribution is 2.12. The lowest BCUT2D eigenvalue weighted by molar-refractivity contribution is -0.146. The van der Waals surface area contributed by atoms with E-state index in [2.05, 4.69) is 10.1 Å². The second-order valence-electron chi connectivity index (χ2n) is 8.99. The molecular formula is C31H38N2O5. The molecular weight excluding hydrogens is 480 g/mol. The number of nitrogens with one attached hydrogen (secondary N) is 1. The van der Waals surface area contributed by atoms with Crippen molar-refractivity contribution in [3.8, 4) is 0 Å². The molecule has 202 valence electrons. The Kier molecular flexibility index (Phi) is 12.9. The number of ketones is 1. The largest absolute Gasteiger partial charge is 0.468 e. The van der Waals surface area contributed by atoms with E-state index in [0.717, 1.165) is 16.7 Å². The Morgan fingerprint density at radius 3 is 1.92 bits per heavy atom. The fourth-order valence-electron chi connectivity index (χ4n) is 3.69. The van der Waals surface area contributed by atoms with Crippen LogP contribution in [0.25, 0.3) is 0 Å². The number of nitrogens with zero attached hydrogens (tertiary/aromatic N) is 1. The average Bonchev–Trinajstić information content (AvgIpc) is 2.95. The van der Waals surface area contributed by atoms with Crippen molar-refractivity contribution >= 4 is 17.7 Å². The van der Waals surface area contributed by atoms with E-state index >= 15 is 0 Å². The number of carbonyl (C=O) groups excluding carboxylic acids is 3. The maximum absolute atomic E-state index is 12.6. The molecule has 7 heteroatoms. The highest BCUT2D eigenvalue weighted by molar-refractivity contribution is 5.98. The summed E-state index contributed by atoms with van der Waals surface area (Å²) in [4.78, 5) is 37.4. The van der Waals surface area contributed by atoms with Gasteiger partial charge < -0.3 is 14.8 Å². The van der Waals surface area contributed by atoms with Crippen LogP contribution >= 0.6 is 0 Å². The predicted octanol–water partition coefficient (Wildman–Crippen LogP) is 4.58. The van der Waals surface area contributed by atoms with E-state index in [0.29, 0.717) is 18.7 Å². The molecule has 0 radical (unpaired) electrons. The molecule has 0 bridgehead atoms. The number of hydrogen-bond donors (Lipinski definition) is 1. The van der Waals surface area contributed by atoms with Crippen molar-refractivity contribution < 1.29 is 23.9 Å². The van der Waals surface area contributed by atoms with Crippen LogP contribution in [0.15, 0.2) is 84.9 Å². The van der Waals surface area contributed by atoms with Gasteiger partial charge in [-0.2, -0.15) is 0 Å². The lowest BCUT2D eigenvalue weighted by atomic mass is 10.1. The zero-order chi connectivity index (χ0) is 27.9. The average molecular weight is 519 g/mol. The molecule has 0 amide bonds. The Labute approximate surface area is 225 Å². The molecule has 0 aliphatic rings. The van der Waals surface area contributed by atoms with Gasteiger partial charge in [-0.05, 0) is 38.0 Å². The highest BCUT2D eigenvalue weighted by Gasteiger charge is 2.24. The zero-order valence-electron chi connectivity index (χ0n) is 22.8. The summed E-state index contributed by atoms with van der Waals surface area (Å²) in [6, 6.07) is 26.5. The van der Waals surface area contributed by atoms with Crippen LogP contribution in [0.5, 0.6) is 0 Å². The minimum absolute atomic E-state index is 0.00890. The number of ether oxygens (including phenoxy) is 2. The fourth-order valence-corrected chi connectivity index (χ4v) is 3.69. The van der Waals surface area contributed by atoms with Crippen molar-refractivity contribution in [2.24, 2.45) is 0 Å². The summed E-state index contributed by atoms with van der Waals surface area (Å²) in [5, 5.41) is 3.08. The minimum atomic E-state index is -0.496. The quantitative estimate of drug-likeness (QED) is 0.294. The lowest BCUT2D eigenvalue weighted by Crippen LogP contribution is -2.42. The number of esters is 2. The lowest BCUT2D eigenvalue weighted by Gasteiger charge is -2.26. The number of rotatable bonds is 11. The Balaban J connectivity index is 0.000000308. The van der Waals surface area contributed by atoms with Gasteiger partial charge in [-0.1, -0.05) is 84.4 Å². The molecule has 0 aromatic heterocycles. The Bertz CT molecular complexity index is 1150. The Hall–Kier alpha value is -3.81. The van der Waals surface area contributed by atoms with Gasteiger partial charge >= 0.3 is 11.9 Å². The van der Waals surface area contributed by atoms with E-state index in [9.17, 15) is 14.4 Å². The SMILES string of the molecule is COC(=O)[C@@H](C)N(CC(=O)c1cccc(C)c1)Cc1ccccc1.COC(=O)[C@@H](C)NCc1ccccc1. The smallest absolute Gasteiger partial charge is 0.322 e. The summed E-state index contributed by atoms with van der Waals surface area (Å²) < 4.78 is 9.44. The van der Waals surface area contributed by atoms with Crippen LogP contribution in [-0.2, 0) is 32.2 Å². The van der Waals surface area contributed by atoms with E-state index in [4.69, 9.17) is 4.74 Å². The maximum atomic E-state index is 12.6. The Morgan fingerprint density at radius 2 is 1.37 bits per heavy atom. The molecule has 0 saturated carbocycles. The molecule has 3 rings (SSSR count). The molecule has 3 aromatic rings. The molecule has 0 aliphatic heterocycles. The standard InChI is InChI=1S/C20H23NO3.C11H15NO2/c1-15-8-7-11-18(12-15)19(22)14-21(16(2)20(23)24-3)13-17-9-5-4-6-10-17;1-9(11(13)14-2)12-8-10-6-4-3-5-7-10/h4-12,16H,13-14H2,1-3H3;3-7,9,12H,8H2,1-2H3/t16-;9-/m11/s1. The third-order valence-electron chi connectivity index (χ3n) is 6.02. The fraction of sp³-hybridized carbons (Fsp3) is 0.323. The first-order chi connectivity index (χ1) is 18.2. The third kappa shape index (κ3) is 10.3. The topological polar surface area (TPSA) is 84.9 Å². The van der Waals surface area contributed by atoms with Crippen LogP contribution in [0.1, 0.15) is 40.9 Å². The molecule has 1 N–H and O–H groups in total. The van der Waals surface area contributed by atoms with Gasteiger partial charge in [0, 0.05) is 18.7 Å². The van der Waals surface area contributed by atoms with Gasteiger partial charge in [0.25, 0.3) is 0 Å². The van der Waals surface area contributed by atoms with Crippen molar-refractivity contribution in [3.63, 3.8) is 0 Å². The molecule has 0 fully saturated rings. The first-order valence-electron chi connectivity index (χ1n) is 12.6. The normalized spacial score (nSPS) is 12.1. The Morgan fingerprint density at radius 1 is 0.789 bits per heavy atom. The number of Topliss-reactive ketones (excluding diaryl/α,β-unsaturated/α-hetero) is 1. The monoisotopic (exact) mass is 518 g/mol. The number of hydrogen-bond acceptors (Lipinski definition) is 7. The predicted molar refractivity (Wildman–Crippen MR) is 149 cm³/mol. The van der Waals surface area contributed by atoms with Crippen LogP contribution < -0.4 is 5.32 Å². The molecule has 0 saturated heterocycles. The van der Waals surface area contributed by atoms with E-state index < -0.39 is 6.04 Å². The molecule has 7 nitrogen and oxygen atoms in total. The van der Waals surface area contributed by atoms with E-state index in [1.165, 1.54) is 14.2 Å². The summed E-state index contributed by atoms with van der Waals surface area (Å²) in [7, 11) is 2.75. The summed E-state index contributed by atoms with van der Waals surface area (Å²) in [6.45, 7) is 6.85. The van der Waals surface area contributed by atoms with Crippen LogP contribution in [0.2, 0.25) is 0 Å². The number of methoxy groups -OCH3 is 2. The van der Waals surface area contributed by atoms with Crippen molar-refractivity contribution in [3.05, 3.63) is 107 Å². The molecule has 3 aromatic carbocycles. The first kappa shape index (κ1) is 30.4. The second-order valence-corrected chi connectivity index (χ2v) is 8.99. The van der Waals surface area contributed by atoms with Gasteiger partial charge in [-0.25, -0.2) is 0 Å². The number of aryl methyl sites for hydroxylation is 1. The molecule has 0 unspecified atom stereocenters. The van der Waals surface area contributed by atoms with Gasteiger partial charge in [-0.15, -0.1) is 0 Å². The molecule has 2 atom stereocenters. The van der Waals surface area contributed by atoms with E-state index in [-0.39, 0.29) is 30.3 Å². The second kappa shape index (κ2) is 16.1. The van der Waals surface area contributed by atoms with Gasteiger partial charge in [0.05, 0.1) is 20.8 Å². The van der Waals surface area contributed by atoms with E-state index in [1.807, 2.05) is 90.7 Å². The third-order valence-corrected chi connectivity index (χ3v) is 6.02. The van der Waals surface area contributed by atoms with E-state index in [1.54, 1.807) is 19.9 Å². The number of carbonyl (C=O) groups is 3. The summed E-state index contributed by atoms with van der Waals surface area (Å²) >= 11 is 0. The summed E-state index contributed by atoms with van der Waals surface area (Å²) in [5.74, 6) is -0.589. The van der Waals surface area contributed by atoms with Gasteiger partial charge in [-0.3, -0.25) is 19.3 Å². The van der Waals surface area contributed by atoms with Gasteiger partial charge in [0.2, 0.25) is 0 Å².